The molecule has 0 radical (unpaired) electrons. The van der Waals surface area contributed by atoms with Crippen LogP contribution in [0.25, 0.3) is 0 Å². The molecule has 1 N–H and O–H groups in total. The molecule has 0 aliphatic rings. The van der Waals surface area contributed by atoms with Crippen molar-refractivity contribution >= 4 is 0 Å². The summed E-state index contributed by atoms with van der Waals surface area (Å²) in [5, 5.41) is 13.7. The Bertz CT molecular complexity index is 542. The van der Waals surface area contributed by atoms with Crippen LogP contribution < -0.4 is 4.74 Å². The summed E-state index contributed by atoms with van der Waals surface area (Å²) in [6.45, 7) is 5.64. The third kappa shape index (κ3) is 2.38. The van der Waals surface area contributed by atoms with E-state index in [1.54, 1.807) is 11.6 Å². The van der Waals surface area contributed by atoms with Crippen molar-refractivity contribution in [3.8, 4) is 11.5 Å². The maximum Gasteiger partial charge on any atom is 0.171 e. The molecular weight excluding hydrogens is 228 g/mol. The zero-order valence-electron chi connectivity index (χ0n) is 11.1. The summed E-state index contributed by atoms with van der Waals surface area (Å²) >= 11 is 0. The van der Waals surface area contributed by atoms with E-state index in [0.717, 1.165) is 28.5 Å². The van der Waals surface area contributed by atoms with E-state index in [9.17, 15) is 5.11 Å². The number of hydrogen-bond acceptors (Lipinski definition) is 3. The van der Waals surface area contributed by atoms with Gasteiger partial charge in [0.25, 0.3) is 0 Å². The Balaban J connectivity index is 2.23. The van der Waals surface area contributed by atoms with E-state index >= 15 is 0 Å². The van der Waals surface area contributed by atoms with E-state index in [2.05, 4.69) is 5.10 Å². The number of benzene rings is 1. The van der Waals surface area contributed by atoms with Crippen LogP contribution in [0.2, 0.25) is 0 Å². The smallest absolute Gasteiger partial charge is 0.171 e. The van der Waals surface area contributed by atoms with E-state index in [0.29, 0.717) is 0 Å². The number of rotatable bonds is 3. The number of aliphatic hydroxyl groups is 1. The lowest BCUT2D eigenvalue weighted by Crippen LogP contribution is -1.93. The maximum absolute atomic E-state index is 9.44. The lowest BCUT2D eigenvalue weighted by Gasteiger charge is -2.08. The van der Waals surface area contributed by atoms with Gasteiger partial charge in [-0.3, -0.25) is 4.68 Å². The summed E-state index contributed by atoms with van der Waals surface area (Å²) < 4.78 is 7.63. The summed E-state index contributed by atoms with van der Waals surface area (Å²) in [4.78, 5) is 0. The Labute approximate surface area is 107 Å². The molecule has 4 nitrogen and oxygen atoms in total. The summed E-state index contributed by atoms with van der Waals surface area (Å²) in [5.41, 5.74) is 2.74. The fraction of sp³-hybridized carbons (Fsp3) is 0.357. The highest BCUT2D eigenvalue weighted by molar-refractivity contribution is 5.38. The Morgan fingerprint density at radius 3 is 2.28 bits per heavy atom. The van der Waals surface area contributed by atoms with Gasteiger partial charge in [0.2, 0.25) is 0 Å². The van der Waals surface area contributed by atoms with Gasteiger partial charge in [-0.05, 0) is 38.5 Å². The Hall–Kier alpha value is -1.81. The lowest BCUT2D eigenvalue weighted by molar-refractivity contribution is 0.199. The number of aliphatic hydroxyl groups excluding tert-OH is 1. The van der Waals surface area contributed by atoms with E-state index in [4.69, 9.17) is 4.74 Å². The van der Waals surface area contributed by atoms with E-state index in [1.165, 1.54) is 0 Å². The molecule has 0 fully saturated rings. The first-order valence-electron chi connectivity index (χ1n) is 5.95. The highest BCUT2D eigenvalue weighted by Gasteiger charge is 2.11. The number of aromatic nitrogens is 2. The van der Waals surface area contributed by atoms with Gasteiger partial charge in [-0.1, -0.05) is 12.1 Å². The number of nitrogens with zero attached hydrogens (tertiary/aromatic N) is 2. The molecule has 0 spiro atoms. The molecule has 1 atom stereocenters. The Kier molecular flexibility index (Phi) is 3.39. The van der Waals surface area contributed by atoms with Crippen LogP contribution in [-0.4, -0.2) is 14.9 Å². The first-order chi connectivity index (χ1) is 8.49. The first-order valence-corrected chi connectivity index (χ1v) is 5.95. The van der Waals surface area contributed by atoms with Crippen LogP contribution in [0.3, 0.4) is 0 Å². The molecule has 18 heavy (non-hydrogen) atoms. The van der Waals surface area contributed by atoms with Crippen LogP contribution in [-0.2, 0) is 7.05 Å². The van der Waals surface area contributed by atoms with Crippen LogP contribution in [0.15, 0.2) is 24.3 Å². The predicted octanol–water partition coefficient (Wildman–Crippen LogP) is 2.88. The number of hydrogen-bond donors (Lipinski definition) is 1. The van der Waals surface area contributed by atoms with Crippen LogP contribution in [0.4, 0.5) is 0 Å². The summed E-state index contributed by atoms with van der Waals surface area (Å²) in [6.07, 6.45) is -0.457. The molecule has 0 saturated carbocycles. The first kappa shape index (κ1) is 12.6. The van der Waals surface area contributed by atoms with E-state index in [1.807, 2.05) is 45.2 Å². The van der Waals surface area contributed by atoms with Crippen molar-refractivity contribution in [3.05, 3.63) is 41.2 Å². The molecule has 1 aromatic carbocycles. The SMILES string of the molecule is Cc1nn(C)c(C)c1Oc1ccc([C@@H](C)O)cc1. The summed E-state index contributed by atoms with van der Waals surface area (Å²) in [6, 6.07) is 7.43. The van der Waals surface area contributed by atoms with Crippen molar-refractivity contribution in [2.45, 2.75) is 26.9 Å². The van der Waals surface area contributed by atoms with Gasteiger partial charge >= 0.3 is 0 Å². The molecule has 0 unspecified atom stereocenters. The minimum absolute atomic E-state index is 0.457. The fourth-order valence-electron chi connectivity index (χ4n) is 1.83. The second kappa shape index (κ2) is 4.82. The normalized spacial score (nSPS) is 12.5. The highest BCUT2D eigenvalue weighted by Crippen LogP contribution is 2.28. The third-order valence-electron chi connectivity index (χ3n) is 3.03. The van der Waals surface area contributed by atoms with Crippen molar-refractivity contribution < 1.29 is 9.84 Å². The molecule has 2 rings (SSSR count). The zero-order valence-corrected chi connectivity index (χ0v) is 11.1. The Morgan fingerprint density at radius 2 is 1.83 bits per heavy atom. The zero-order chi connectivity index (χ0) is 13.3. The number of ether oxygens (including phenoxy) is 1. The second-order valence-corrected chi connectivity index (χ2v) is 4.47. The van der Waals surface area contributed by atoms with Gasteiger partial charge in [0.15, 0.2) is 5.75 Å². The van der Waals surface area contributed by atoms with Crippen molar-refractivity contribution in [3.63, 3.8) is 0 Å². The number of aryl methyl sites for hydroxylation is 2. The molecule has 1 aromatic heterocycles. The van der Waals surface area contributed by atoms with Crippen LogP contribution in [0.1, 0.15) is 30.0 Å². The van der Waals surface area contributed by atoms with Crippen molar-refractivity contribution in [2.75, 3.05) is 0 Å². The van der Waals surface area contributed by atoms with E-state index in [-0.39, 0.29) is 0 Å². The van der Waals surface area contributed by atoms with Gasteiger partial charge in [-0.25, -0.2) is 0 Å². The topological polar surface area (TPSA) is 47.3 Å². The highest BCUT2D eigenvalue weighted by atomic mass is 16.5. The van der Waals surface area contributed by atoms with Gasteiger partial charge in [-0.15, -0.1) is 0 Å². The van der Waals surface area contributed by atoms with Gasteiger partial charge < -0.3 is 9.84 Å². The minimum Gasteiger partial charge on any atom is -0.453 e. The van der Waals surface area contributed by atoms with E-state index < -0.39 is 6.10 Å². The van der Waals surface area contributed by atoms with Crippen molar-refractivity contribution in [1.29, 1.82) is 0 Å². The molecule has 4 heteroatoms. The molecule has 0 amide bonds. The summed E-state index contributed by atoms with van der Waals surface area (Å²) in [5.74, 6) is 1.54. The quantitative estimate of drug-likeness (QED) is 0.905. The molecular formula is C14H18N2O2. The summed E-state index contributed by atoms with van der Waals surface area (Å²) in [7, 11) is 1.89. The average Bonchev–Trinajstić information content (AvgIpc) is 2.57. The van der Waals surface area contributed by atoms with Crippen LogP contribution >= 0.6 is 0 Å². The fourth-order valence-corrected chi connectivity index (χ4v) is 1.83. The van der Waals surface area contributed by atoms with Crippen LogP contribution in [0.5, 0.6) is 11.5 Å². The second-order valence-electron chi connectivity index (χ2n) is 4.47. The minimum atomic E-state index is -0.457. The average molecular weight is 246 g/mol. The molecule has 0 aliphatic heterocycles. The van der Waals surface area contributed by atoms with Gasteiger partial charge in [0.05, 0.1) is 11.8 Å². The third-order valence-corrected chi connectivity index (χ3v) is 3.03. The molecule has 96 valence electrons. The van der Waals surface area contributed by atoms with Crippen molar-refractivity contribution in [1.82, 2.24) is 9.78 Å². The molecule has 0 aliphatic carbocycles. The monoisotopic (exact) mass is 246 g/mol. The molecule has 2 aromatic rings. The molecule has 0 bridgehead atoms. The lowest BCUT2D eigenvalue weighted by atomic mass is 10.1. The van der Waals surface area contributed by atoms with Gasteiger partial charge in [0.1, 0.15) is 11.4 Å². The predicted molar refractivity (Wildman–Crippen MR) is 69.8 cm³/mol. The largest absolute Gasteiger partial charge is 0.453 e. The van der Waals surface area contributed by atoms with Gasteiger partial charge in [0, 0.05) is 7.05 Å². The van der Waals surface area contributed by atoms with Crippen molar-refractivity contribution in [2.24, 2.45) is 7.05 Å². The van der Waals surface area contributed by atoms with Crippen LogP contribution in [0, 0.1) is 13.8 Å². The standard InChI is InChI=1S/C14H18N2O2/c1-9-14(10(2)16(4)15-9)18-13-7-5-12(6-8-13)11(3)17/h5-8,11,17H,1-4H3/t11-/m1/s1. The maximum atomic E-state index is 9.44. The Morgan fingerprint density at radius 1 is 1.22 bits per heavy atom. The van der Waals surface area contributed by atoms with Gasteiger partial charge in [-0.2, -0.15) is 5.10 Å². The molecule has 0 saturated heterocycles. The molecule has 1 heterocycles.